The van der Waals surface area contributed by atoms with Gasteiger partial charge in [-0.15, -0.1) is 0 Å². The monoisotopic (exact) mass is 270 g/mol. The Kier molecular flexibility index (Phi) is 4.29. The average molecular weight is 270 g/mol. The molecule has 0 bridgehead atoms. The predicted octanol–water partition coefficient (Wildman–Crippen LogP) is 0.652. The van der Waals surface area contributed by atoms with Crippen LogP contribution in [-0.4, -0.2) is 52.9 Å². The minimum absolute atomic E-state index is 0.209. The van der Waals surface area contributed by atoms with Crippen molar-refractivity contribution < 1.29 is 19.8 Å². The van der Waals surface area contributed by atoms with Crippen LogP contribution in [0.4, 0.5) is 4.79 Å². The SMILES string of the molecule is CN(CC1CC(O)C1)C(=O)NC1CCCC1C(=O)O. The summed E-state index contributed by atoms with van der Waals surface area (Å²) in [6.45, 7) is 0.618. The first-order chi connectivity index (χ1) is 8.97. The molecule has 19 heavy (non-hydrogen) atoms. The zero-order chi connectivity index (χ0) is 14.0. The lowest BCUT2D eigenvalue weighted by Gasteiger charge is -2.34. The number of amides is 2. The third-order valence-corrected chi connectivity index (χ3v) is 4.23. The van der Waals surface area contributed by atoms with Crippen molar-refractivity contribution in [2.75, 3.05) is 13.6 Å². The number of urea groups is 1. The van der Waals surface area contributed by atoms with Gasteiger partial charge in [0.25, 0.3) is 0 Å². The largest absolute Gasteiger partial charge is 0.481 e. The number of nitrogens with one attached hydrogen (secondary N) is 1. The molecule has 2 saturated carbocycles. The number of aliphatic hydroxyl groups excluding tert-OH is 1. The van der Waals surface area contributed by atoms with Crippen LogP contribution in [0.2, 0.25) is 0 Å². The van der Waals surface area contributed by atoms with Gasteiger partial charge in [0.2, 0.25) is 0 Å². The highest BCUT2D eigenvalue weighted by Gasteiger charge is 2.35. The van der Waals surface area contributed by atoms with Gasteiger partial charge in [0.15, 0.2) is 0 Å². The summed E-state index contributed by atoms with van der Waals surface area (Å²) >= 11 is 0. The van der Waals surface area contributed by atoms with Crippen molar-refractivity contribution in [1.82, 2.24) is 10.2 Å². The third-order valence-electron chi connectivity index (χ3n) is 4.23. The van der Waals surface area contributed by atoms with Gasteiger partial charge in [0.05, 0.1) is 12.0 Å². The van der Waals surface area contributed by atoms with Crippen LogP contribution in [0, 0.1) is 11.8 Å². The summed E-state index contributed by atoms with van der Waals surface area (Å²) in [5, 5.41) is 21.1. The molecule has 2 amide bonds. The van der Waals surface area contributed by atoms with Gasteiger partial charge in [-0.2, -0.15) is 0 Å². The predicted molar refractivity (Wildman–Crippen MR) is 68.7 cm³/mol. The lowest BCUT2D eigenvalue weighted by molar-refractivity contribution is -0.142. The van der Waals surface area contributed by atoms with E-state index in [0.29, 0.717) is 18.9 Å². The standard InChI is InChI=1S/C13H22N2O4/c1-15(7-8-5-9(16)6-8)13(19)14-11-4-2-3-10(11)12(17)18/h8-11,16H,2-7H2,1H3,(H,14,19)(H,17,18). The summed E-state index contributed by atoms with van der Waals surface area (Å²) in [7, 11) is 1.71. The molecule has 3 N–H and O–H groups in total. The topological polar surface area (TPSA) is 89.9 Å². The Morgan fingerprint density at radius 1 is 1.32 bits per heavy atom. The van der Waals surface area contributed by atoms with Crippen molar-refractivity contribution in [2.24, 2.45) is 11.8 Å². The molecule has 0 aromatic carbocycles. The van der Waals surface area contributed by atoms with Crippen LogP contribution in [0.25, 0.3) is 0 Å². The lowest BCUT2D eigenvalue weighted by atomic mass is 9.82. The quantitative estimate of drug-likeness (QED) is 0.699. The molecule has 2 aliphatic rings. The van der Waals surface area contributed by atoms with E-state index in [9.17, 15) is 14.7 Å². The van der Waals surface area contributed by atoms with Crippen molar-refractivity contribution in [2.45, 2.75) is 44.2 Å². The highest BCUT2D eigenvalue weighted by molar-refractivity contribution is 5.77. The van der Waals surface area contributed by atoms with Gasteiger partial charge in [-0.25, -0.2) is 4.79 Å². The lowest BCUT2D eigenvalue weighted by Crippen LogP contribution is -2.48. The molecule has 6 nitrogen and oxygen atoms in total. The van der Waals surface area contributed by atoms with Gasteiger partial charge in [-0.1, -0.05) is 6.42 Å². The second kappa shape index (κ2) is 5.77. The number of carbonyl (C=O) groups is 2. The molecular weight excluding hydrogens is 248 g/mol. The average Bonchev–Trinajstić information content (AvgIpc) is 2.75. The first-order valence-electron chi connectivity index (χ1n) is 6.90. The van der Waals surface area contributed by atoms with E-state index in [0.717, 1.165) is 25.7 Å². The van der Waals surface area contributed by atoms with E-state index in [4.69, 9.17) is 5.11 Å². The molecule has 2 atom stereocenters. The molecule has 2 rings (SSSR count). The highest BCUT2D eigenvalue weighted by Crippen LogP contribution is 2.28. The Labute approximate surface area is 112 Å². The Hall–Kier alpha value is -1.30. The summed E-state index contributed by atoms with van der Waals surface area (Å²) < 4.78 is 0. The van der Waals surface area contributed by atoms with Crippen molar-refractivity contribution in [3.05, 3.63) is 0 Å². The number of aliphatic carboxylic acids is 1. The Morgan fingerprint density at radius 2 is 2.00 bits per heavy atom. The molecule has 6 heteroatoms. The third kappa shape index (κ3) is 3.37. The van der Waals surface area contributed by atoms with Crippen molar-refractivity contribution in [3.63, 3.8) is 0 Å². The minimum Gasteiger partial charge on any atom is -0.481 e. The van der Waals surface area contributed by atoms with E-state index in [-0.39, 0.29) is 18.2 Å². The van der Waals surface area contributed by atoms with Crippen LogP contribution >= 0.6 is 0 Å². The number of hydrogen-bond donors (Lipinski definition) is 3. The summed E-state index contributed by atoms with van der Waals surface area (Å²) in [5.41, 5.74) is 0. The molecule has 0 radical (unpaired) electrons. The number of aliphatic hydroxyl groups is 1. The Morgan fingerprint density at radius 3 is 2.58 bits per heavy atom. The molecular formula is C13H22N2O4. The molecule has 0 aliphatic heterocycles. The minimum atomic E-state index is -0.826. The molecule has 0 aromatic rings. The van der Waals surface area contributed by atoms with Crippen molar-refractivity contribution >= 4 is 12.0 Å². The number of carbonyl (C=O) groups excluding carboxylic acids is 1. The maximum absolute atomic E-state index is 12.0. The fraction of sp³-hybridized carbons (Fsp3) is 0.846. The van der Waals surface area contributed by atoms with E-state index in [2.05, 4.69) is 5.32 Å². The molecule has 0 saturated heterocycles. The molecule has 0 aromatic heterocycles. The van der Waals surface area contributed by atoms with Crippen LogP contribution in [0.3, 0.4) is 0 Å². The van der Waals surface area contributed by atoms with E-state index in [1.54, 1.807) is 11.9 Å². The molecule has 2 aliphatic carbocycles. The summed E-state index contributed by atoms with van der Waals surface area (Å²) in [6.07, 6.45) is 3.50. The number of carboxylic acid groups (broad SMARTS) is 1. The van der Waals surface area contributed by atoms with Gasteiger partial charge in [0, 0.05) is 19.6 Å². The van der Waals surface area contributed by atoms with E-state index in [1.165, 1.54) is 0 Å². The normalized spacial score (nSPS) is 33.6. The van der Waals surface area contributed by atoms with Crippen LogP contribution < -0.4 is 5.32 Å². The van der Waals surface area contributed by atoms with Gasteiger partial charge in [-0.3, -0.25) is 4.79 Å². The second-order valence-electron chi connectivity index (χ2n) is 5.80. The van der Waals surface area contributed by atoms with E-state index < -0.39 is 11.9 Å². The summed E-state index contributed by atoms with van der Waals surface area (Å²) in [5.74, 6) is -0.917. The van der Waals surface area contributed by atoms with Gasteiger partial charge in [0.1, 0.15) is 0 Å². The maximum Gasteiger partial charge on any atom is 0.317 e. The fourth-order valence-electron chi connectivity index (χ4n) is 3.02. The van der Waals surface area contributed by atoms with Gasteiger partial charge >= 0.3 is 12.0 Å². The highest BCUT2D eigenvalue weighted by atomic mass is 16.4. The Bertz CT molecular complexity index is 355. The number of nitrogens with zero attached hydrogens (tertiary/aromatic N) is 1. The molecule has 0 spiro atoms. The zero-order valence-corrected chi connectivity index (χ0v) is 11.2. The van der Waals surface area contributed by atoms with Gasteiger partial charge in [-0.05, 0) is 31.6 Å². The Balaban J connectivity index is 1.78. The smallest absolute Gasteiger partial charge is 0.317 e. The van der Waals surface area contributed by atoms with E-state index >= 15 is 0 Å². The van der Waals surface area contributed by atoms with Crippen LogP contribution in [0.15, 0.2) is 0 Å². The van der Waals surface area contributed by atoms with Crippen LogP contribution in [0.1, 0.15) is 32.1 Å². The zero-order valence-electron chi connectivity index (χ0n) is 11.2. The number of hydrogen-bond acceptors (Lipinski definition) is 3. The first kappa shape index (κ1) is 14.1. The molecule has 2 unspecified atom stereocenters. The molecule has 2 fully saturated rings. The second-order valence-corrected chi connectivity index (χ2v) is 5.80. The number of carboxylic acids is 1. The molecule has 0 heterocycles. The first-order valence-corrected chi connectivity index (χ1v) is 6.90. The maximum atomic E-state index is 12.0. The molecule has 108 valence electrons. The summed E-state index contributed by atoms with van der Waals surface area (Å²) in [6, 6.07) is -0.459. The summed E-state index contributed by atoms with van der Waals surface area (Å²) in [4.78, 5) is 24.6. The van der Waals surface area contributed by atoms with E-state index in [1.807, 2.05) is 0 Å². The number of rotatable bonds is 4. The van der Waals surface area contributed by atoms with Gasteiger partial charge < -0.3 is 20.4 Å². The van der Waals surface area contributed by atoms with Crippen molar-refractivity contribution in [1.29, 1.82) is 0 Å². The van der Waals surface area contributed by atoms with Crippen LogP contribution in [0.5, 0.6) is 0 Å². The van der Waals surface area contributed by atoms with Crippen LogP contribution in [-0.2, 0) is 4.79 Å². The van der Waals surface area contributed by atoms with Crippen molar-refractivity contribution in [3.8, 4) is 0 Å². The fourth-order valence-corrected chi connectivity index (χ4v) is 3.02.